The van der Waals surface area contributed by atoms with Crippen molar-refractivity contribution in [1.82, 2.24) is 10.2 Å². The summed E-state index contributed by atoms with van der Waals surface area (Å²) in [6.07, 6.45) is 3.11. The molecule has 0 saturated heterocycles. The summed E-state index contributed by atoms with van der Waals surface area (Å²) in [7, 11) is -3.53. The van der Waals surface area contributed by atoms with Gasteiger partial charge in [0.25, 0.3) is 5.91 Å². The minimum absolute atomic E-state index is 0.0122. The lowest BCUT2D eigenvalue weighted by Crippen LogP contribution is -2.13. The first-order valence-corrected chi connectivity index (χ1v) is 13.3. The van der Waals surface area contributed by atoms with Crippen LogP contribution in [-0.2, 0) is 14.6 Å². The number of benzene rings is 2. The van der Waals surface area contributed by atoms with E-state index in [4.69, 9.17) is 9.47 Å². The third-order valence-corrected chi connectivity index (χ3v) is 7.15. The number of nitrogens with zero attached hydrogens (tertiary/aromatic N) is 3. The highest BCUT2D eigenvalue weighted by atomic mass is 32.2. The van der Waals surface area contributed by atoms with E-state index in [0.717, 1.165) is 17.6 Å². The number of hydrogen-bond donors (Lipinski definition) is 1. The molecule has 0 bridgehead atoms. The van der Waals surface area contributed by atoms with Gasteiger partial charge in [0.1, 0.15) is 23.1 Å². The monoisotopic (exact) mass is 512 g/mol. The number of anilines is 1. The van der Waals surface area contributed by atoms with E-state index in [0.29, 0.717) is 42.3 Å². The van der Waals surface area contributed by atoms with Crippen LogP contribution in [0.15, 0.2) is 52.4 Å². The van der Waals surface area contributed by atoms with Crippen molar-refractivity contribution in [3.63, 3.8) is 0 Å². The smallest absolute Gasteiger partial charge is 0.268 e. The third-order valence-electron chi connectivity index (χ3n) is 4.65. The van der Waals surface area contributed by atoms with Crippen molar-refractivity contribution >= 4 is 38.3 Å². The molecular formula is C24H24N4O5S2. The molecule has 0 spiro atoms. The highest BCUT2D eigenvalue weighted by molar-refractivity contribution is 7.92. The molecule has 0 fully saturated rings. The average Bonchev–Trinajstić information content (AvgIpc) is 3.28. The number of rotatable bonds is 10. The Balaban J connectivity index is 1.50. The maximum atomic E-state index is 12.4. The Morgan fingerprint density at radius 2 is 1.83 bits per heavy atom. The SMILES string of the molecule is Cc1ccc(OCCCOc2ccc(C=C(C#N)C(=O)Nc3nnc(S(C)(=O)=O)s3)cc2)c(C)c1. The van der Waals surface area contributed by atoms with Crippen molar-refractivity contribution < 1.29 is 22.7 Å². The van der Waals surface area contributed by atoms with E-state index < -0.39 is 15.7 Å². The maximum Gasteiger partial charge on any atom is 0.268 e. The van der Waals surface area contributed by atoms with Crippen molar-refractivity contribution in [3.05, 3.63) is 64.7 Å². The molecule has 3 aromatic rings. The fourth-order valence-electron chi connectivity index (χ4n) is 2.94. The molecule has 0 saturated carbocycles. The van der Waals surface area contributed by atoms with Crippen molar-refractivity contribution in [2.24, 2.45) is 0 Å². The van der Waals surface area contributed by atoms with E-state index in [1.54, 1.807) is 24.3 Å². The molecule has 11 heteroatoms. The lowest BCUT2D eigenvalue weighted by atomic mass is 10.1. The lowest BCUT2D eigenvalue weighted by molar-refractivity contribution is -0.112. The predicted molar refractivity (Wildman–Crippen MR) is 133 cm³/mol. The largest absolute Gasteiger partial charge is 0.493 e. The van der Waals surface area contributed by atoms with E-state index in [2.05, 4.69) is 21.6 Å². The molecule has 1 heterocycles. The van der Waals surface area contributed by atoms with E-state index in [9.17, 15) is 18.5 Å². The number of aromatic nitrogens is 2. The highest BCUT2D eigenvalue weighted by Crippen LogP contribution is 2.21. The number of amides is 1. The van der Waals surface area contributed by atoms with Crippen LogP contribution in [0.25, 0.3) is 6.08 Å². The Hall–Kier alpha value is -3.75. The number of sulfone groups is 1. The number of carbonyl (C=O) groups is 1. The molecule has 1 aromatic heterocycles. The Labute approximate surface area is 208 Å². The van der Waals surface area contributed by atoms with Gasteiger partial charge in [0.05, 0.1) is 13.2 Å². The first-order chi connectivity index (χ1) is 16.7. The summed E-state index contributed by atoms with van der Waals surface area (Å²) in [6, 6.07) is 14.8. The average molecular weight is 513 g/mol. The Morgan fingerprint density at radius 3 is 2.46 bits per heavy atom. The standard InChI is InChI=1S/C24H24N4O5S2/c1-16-5-10-21(17(2)13-16)33-12-4-11-32-20-8-6-18(7-9-20)14-19(15-25)22(29)26-23-27-28-24(34-23)35(3,30)31/h5-10,13-14H,4,11-12H2,1-3H3,(H,26,27,29). The number of nitriles is 1. The van der Waals surface area contributed by atoms with Gasteiger partial charge in [0.15, 0.2) is 0 Å². The van der Waals surface area contributed by atoms with Crippen LogP contribution in [0, 0.1) is 25.2 Å². The second kappa shape index (κ2) is 11.6. The Bertz CT molecular complexity index is 1370. The Kier molecular flexibility index (Phi) is 8.57. The van der Waals surface area contributed by atoms with Crippen molar-refractivity contribution in [2.75, 3.05) is 24.8 Å². The number of nitrogens with one attached hydrogen (secondary N) is 1. The summed E-state index contributed by atoms with van der Waals surface area (Å²) in [6.45, 7) is 5.07. The second-order valence-corrected chi connectivity index (χ2v) is 10.8. The van der Waals surface area contributed by atoms with Crippen LogP contribution in [0.3, 0.4) is 0 Å². The molecule has 0 aliphatic heterocycles. The van der Waals surface area contributed by atoms with Gasteiger partial charge in [0.2, 0.25) is 19.3 Å². The number of carbonyl (C=O) groups excluding carboxylic acids is 1. The van der Waals surface area contributed by atoms with Gasteiger partial charge in [-0.2, -0.15) is 5.26 Å². The van der Waals surface area contributed by atoms with Gasteiger partial charge in [-0.1, -0.05) is 41.2 Å². The second-order valence-electron chi connectivity index (χ2n) is 7.66. The molecule has 9 nitrogen and oxygen atoms in total. The normalized spacial score (nSPS) is 11.5. The van der Waals surface area contributed by atoms with Crippen LogP contribution in [0.1, 0.15) is 23.1 Å². The summed E-state index contributed by atoms with van der Waals surface area (Å²) in [4.78, 5) is 12.4. The number of ether oxygens (including phenoxy) is 2. The van der Waals surface area contributed by atoms with Crippen molar-refractivity contribution in [3.8, 4) is 17.6 Å². The summed E-state index contributed by atoms with van der Waals surface area (Å²) < 4.78 is 34.3. The van der Waals surface area contributed by atoms with Crippen molar-refractivity contribution in [1.29, 1.82) is 5.26 Å². The molecule has 0 atom stereocenters. The van der Waals surface area contributed by atoms with Gasteiger partial charge >= 0.3 is 0 Å². The van der Waals surface area contributed by atoms with Gasteiger partial charge in [-0.3, -0.25) is 10.1 Å². The van der Waals surface area contributed by atoms with E-state index in [-0.39, 0.29) is 15.0 Å². The molecule has 1 N–H and O–H groups in total. The van der Waals surface area contributed by atoms with Crippen LogP contribution in [0.4, 0.5) is 5.13 Å². The lowest BCUT2D eigenvalue weighted by Gasteiger charge is -2.10. The Morgan fingerprint density at radius 1 is 1.11 bits per heavy atom. The van der Waals surface area contributed by atoms with Crippen molar-refractivity contribution in [2.45, 2.75) is 24.6 Å². The summed E-state index contributed by atoms with van der Waals surface area (Å²) in [5.41, 5.74) is 2.75. The summed E-state index contributed by atoms with van der Waals surface area (Å²) >= 11 is 0.711. The maximum absolute atomic E-state index is 12.4. The van der Waals surface area contributed by atoms with E-state index >= 15 is 0 Å². The van der Waals surface area contributed by atoms with Crippen LogP contribution in [0.5, 0.6) is 11.5 Å². The molecule has 0 unspecified atom stereocenters. The molecule has 182 valence electrons. The summed E-state index contributed by atoms with van der Waals surface area (Å²) in [5, 5.41) is 18.9. The fourth-order valence-corrected chi connectivity index (χ4v) is 4.45. The van der Waals surface area contributed by atoms with Gasteiger partial charge in [-0.05, 0) is 49.2 Å². The minimum Gasteiger partial charge on any atom is -0.493 e. The third kappa shape index (κ3) is 7.63. The van der Waals surface area contributed by atoms with Gasteiger partial charge < -0.3 is 9.47 Å². The molecule has 0 aliphatic carbocycles. The zero-order chi connectivity index (χ0) is 25.4. The zero-order valence-corrected chi connectivity index (χ0v) is 21.1. The first-order valence-electron chi connectivity index (χ1n) is 10.6. The van der Waals surface area contributed by atoms with Crippen LogP contribution in [0.2, 0.25) is 0 Å². The van der Waals surface area contributed by atoms with Gasteiger partial charge in [0, 0.05) is 12.7 Å². The topological polar surface area (TPSA) is 131 Å². The predicted octanol–water partition coefficient (Wildman–Crippen LogP) is 3.95. The molecule has 3 rings (SSSR count). The molecular weight excluding hydrogens is 488 g/mol. The minimum atomic E-state index is -3.53. The molecule has 35 heavy (non-hydrogen) atoms. The molecule has 1 amide bonds. The van der Waals surface area contributed by atoms with E-state index in [1.807, 2.05) is 32.0 Å². The van der Waals surface area contributed by atoms with Crippen LogP contribution < -0.4 is 14.8 Å². The van der Waals surface area contributed by atoms with Gasteiger partial charge in [-0.25, -0.2) is 8.42 Å². The molecule has 0 aliphatic rings. The zero-order valence-electron chi connectivity index (χ0n) is 19.4. The molecule has 2 aromatic carbocycles. The van der Waals surface area contributed by atoms with Crippen LogP contribution in [-0.4, -0.2) is 44.0 Å². The molecule has 0 radical (unpaired) electrons. The summed E-state index contributed by atoms with van der Waals surface area (Å²) in [5.74, 6) is 0.803. The van der Waals surface area contributed by atoms with E-state index in [1.165, 1.54) is 11.6 Å². The first kappa shape index (κ1) is 25.9. The van der Waals surface area contributed by atoms with Gasteiger partial charge in [-0.15, -0.1) is 10.2 Å². The fraction of sp³-hybridized carbons (Fsp3) is 0.250. The number of hydrogen-bond acceptors (Lipinski definition) is 9. The quantitative estimate of drug-likeness (QED) is 0.187. The highest BCUT2D eigenvalue weighted by Gasteiger charge is 2.17. The number of aryl methyl sites for hydroxylation is 2. The van der Waals surface area contributed by atoms with Crippen LogP contribution >= 0.6 is 11.3 Å².